The molecule has 1 aliphatic rings. The quantitative estimate of drug-likeness (QED) is 0.560. The van der Waals surface area contributed by atoms with Crippen molar-refractivity contribution in [3.63, 3.8) is 0 Å². The normalized spacial score (nSPS) is 28.9. The van der Waals surface area contributed by atoms with E-state index in [1.165, 1.54) is 12.2 Å². The van der Waals surface area contributed by atoms with Crippen LogP contribution < -0.4 is 3.53 Å². The standard InChI is InChI=1S/C6H6F2IN/c7-6(8)4-2-1-3-5(6)10-9/h1-5,10H. The molecule has 0 heterocycles. The van der Waals surface area contributed by atoms with Gasteiger partial charge in [-0.2, -0.15) is 8.78 Å². The van der Waals surface area contributed by atoms with Gasteiger partial charge >= 0.3 is 0 Å². The third-order valence-electron chi connectivity index (χ3n) is 1.27. The Balaban J connectivity index is 2.74. The molecule has 1 aliphatic carbocycles. The molecule has 0 bridgehead atoms. The van der Waals surface area contributed by atoms with Crippen LogP contribution in [0.3, 0.4) is 0 Å². The van der Waals surface area contributed by atoms with Crippen LogP contribution in [0, 0.1) is 0 Å². The number of nitrogens with one attached hydrogen (secondary N) is 1. The summed E-state index contributed by atoms with van der Waals surface area (Å²) in [7, 11) is 0. The number of hydrogen-bond acceptors (Lipinski definition) is 1. The van der Waals surface area contributed by atoms with Gasteiger partial charge in [-0.25, -0.2) is 3.53 Å². The number of hydrogen-bond donors (Lipinski definition) is 1. The second-order valence-corrected chi connectivity index (χ2v) is 2.63. The minimum atomic E-state index is -2.74. The van der Waals surface area contributed by atoms with E-state index in [9.17, 15) is 8.78 Å². The van der Waals surface area contributed by atoms with Crippen LogP contribution in [0.15, 0.2) is 24.3 Å². The maximum atomic E-state index is 12.7. The lowest BCUT2D eigenvalue weighted by molar-refractivity contribution is 0.0374. The first-order valence-corrected chi connectivity index (χ1v) is 3.85. The van der Waals surface area contributed by atoms with Crippen molar-refractivity contribution in [3.8, 4) is 0 Å². The van der Waals surface area contributed by atoms with E-state index < -0.39 is 12.0 Å². The van der Waals surface area contributed by atoms with E-state index in [0.717, 1.165) is 6.08 Å². The van der Waals surface area contributed by atoms with Crippen molar-refractivity contribution in [2.45, 2.75) is 12.0 Å². The van der Waals surface area contributed by atoms with Crippen LogP contribution in [-0.4, -0.2) is 12.0 Å². The summed E-state index contributed by atoms with van der Waals surface area (Å²) in [6.07, 6.45) is 5.29. The van der Waals surface area contributed by atoms with E-state index in [1.807, 2.05) is 0 Å². The van der Waals surface area contributed by atoms with E-state index in [-0.39, 0.29) is 0 Å². The van der Waals surface area contributed by atoms with Gasteiger partial charge < -0.3 is 0 Å². The molecule has 1 nitrogen and oxygen atoms in total. The predicted octanol–water partition coefficient (Wildman–Crippen LogP) is 2.06. The van der Waals surface area contributed by atoms with Gasteiger partial charge in [0.25, 0.3) is 5.92 Å². The second-order valence-electron chi connectivity index (χ2n) is 2.01. The van der Waals surface area contributed by atoms with Crippen molar-refractivity contribution in [2.24, 2.45) is 0 Å². The van der Waals surface area contributed by atoms with Crippen molar-refractivity contribution in [3.05, 3.63) is 24.3 Å². The van der Waals surface area contributed by atoms with Crippen LogP contribution in [0.1, 0.15) is 0 Å². The molecule has 1 unspecified atom stereocenters. The summed E-state index contributed by atoms with van der Waals surface area (Å²) >= 11 is 1.72. The average molecular weight is 257 g/mol. The van der Waals surface area contributed by atoms with Crippen molar-refractivity contribution in [1.82, 2.24) is 3.53 Å². The highest BCUT2D eigenvalue weighted by Crippen LogP contribution is 2.24. The molecule has 56 valence electrons. The summed E-state index contributed by atoms with van der Waals surface area (Å²) in [5.41, 5.74) is 0. The van der Waals surface area contributed by atoms with Gasteiger partial charge in [0.15, 0.2) is 0 Å². The Hall–Kier alpha value is 0.0300. The Bertz CT molecular complexity index is 177. The van der Waals surface area contributed by atoms with E-state index >= 15 is 0 Å². The van der Waals surface area contributed by atoms with Crippen LogP contribution in [-0.2, 0) is 0 Å². The van der Waals surface area contributed by atoms with E-state index in [4.69, 9.17) is 0 Å². The van der Waals surface area contributed by atoms with Gasteiger partial charge in [-0.15, -0.1) is 0 Å². The molecule has 0 saturated heterocycles. The van der Waals surface area contributed by atoms with Gasteiger partial charge in [0.1, 0.15) is 6.04 Å². The van der Waals surface area contributed by atoms with Gasteiger partial charge in [0.2, 0.25) is 0 Å². The van der Waals surface area contributed by atoms with Gasteiger partial charge in [0.05, 0.1) is 0 Å². The molecule has 0 aromatic rings. The molecule has 0 aromatic carbocycles. The summed E-state index contributed by atoms with van der Waals surface area (Å²) in [4.78, 5) is 0. The van der Waals surface area contributed by atoms with Gasteiger partial charge in [-0.3, -0.25) is 0 Å². The van der Waals surface area contributed by atoms with Gasteiger partial charge in [0, 0.05) is 22.9 Å². The fourth-order valence-corrected chi connectivity index (χ4v) is 1.32. The van der Waals surface area contributed by atoms with E-state index in [2.05, 4.69) is 3.53 Å². The molecule has 1 atom stereocenters. The molecule has 1 rings (SSSR count). The molecular weight excluding hydrogens is 251 g/mol. The van der Waals surface area contributed by atoms with Crippen LogP contribution >= 0.6 is 22.9 Å². The molecule has 0 spiro atoms. The maximum absolute atomic E-state index is 12.7. The SMILES string of the molecule is FC1(F)C=CC=CC1NI. The molecule has 0 aliphatic heterocycles. The lowest BCUT2D eigenvalue weighted by Crippen LogP contribution is -2.38. The maximum Gasteiger partial charge on any atom is 0.285 e. The van der Waals surface area contributed by atoms with Crippen LogP contribution in [0.5, 0.6) is 0 Å². The third-order valence-corrected chi connectivity index (χ3v) is 1.94. The molecule has 0 radical (unpaired) electrons. The smallest absolute Gasteiger partial charge is 0.248 e. The Morgan fingerprint density at radius 3 is 2.50 bits per heavy atom. The first-order valence-electron chi connectivity index (χ1n) is 2.77. The van der Waals surface area contributed by atoms with Crippen LogP contribution in [0.2, 0.25) is 0 Å². The van der Waals surface area contributed by atoms with Gasteiger partial charge in [-0.05, 0) is 6.08 Å². The molecule has 0 amide bonds. The van der Waals surface area contributed by atoms with Crippen molar-refractivity contribution in [2.75, 3.05) is 0 Å². The fraction of sp³-hybridized carbons (Fsp3) is 0.333. The van der Waals surface area contributed by atoms with Gasteiger partial charge in [-0.1, -0.05) is 18.2 Å². The zero-order valence-corrected chi connectivity index (χ0v) is 7.18. The lowest BCUT2D eigenvalue weighted by atomic mass is 10.1. The van der Waals surface area contributed by atoms with E-state index in [0.29, 0.717) is 0 Å². The average Bonchev–Trinajstić information content (AvgIpc) is 1.87. The van der Waals surface area contributed by atoms with Crippen molar-refractivity contribution < 1.29 is 8.78 Å². The Labute approximate surface area is 71.7 Å². The molecule has 0 fully saturated rings. The first-order chi connectivity index (χ1) is 4.67. The zero-order chi connectivity index (χ0) is 7.61. The summed E-state index contributed by atoms with van der Waals surface area (Å²) < 4.78 is 27.8. The monoisotopic (exact) mass is 257 g/mol. The van der Waals surface area contributed by atoms with Crippen molar-refractivity contribution >= 4 is 22.9 Å². The minimum absolute atomic E-state index is 0.863. The topological polar surface area (TPSA) is 12.0 Å². The first kappa shape index (κ1) is 8.13. The third kappa shape index (κ3) is 1.54. The molecule has 0 saturated carbocycles. The second kappa shape index (κ2) is 2.96. The Morgan fingerprint density at radius 1 is 1.40 bits per heavy atom. The summed E-state index contributed by atoms with van der Waals surface area (Å²) in [5, 5.41) is 0. The zero-order valence-electron chi connectivity index (χ0n) is 5.02. The highest BCUT2D eigenvalue weighted by Gasteiger charge is 2.35. The lowest BCUT2D eigenvalue weighted by Gasteiger charge is -2.21. The highest BCUT2D eigenvalue weighted by molar-refractivity contribution is 14.1. The Morgan fingerprint density at radius 2 is 2.10 bits per heavy atom. The number of allylic oxidation sites excluding steroid dienone is 2. The molecule has 10 heavy (non-hydrogen) atoms. The number of halogens is 3. The molecule has 0 aromatic heterocycles. The number of alkyl halides is 2. The summed E-state index contributed by atoms with van der Waals surface area (Å²) in [5.74, 6) is -2.74. The highest BCUT2D eigenvalue weighted by atomic mass is 127. The van der Waals surface area contributed by atoms with Crippen molar-refractivity contribution in [1.29, 1.82) is 0 Å². The van der Waals surface area contributed by atoms with E-state index in [1.54, 1.807) is 28.9 Å². The molecule has 4 heteroatoms. The largest absolute Gasteiger partial charge is 0.285 e. The predicted molar refractivity (Wildman–Crippen MR) is 44.2 cm³/mol. The van der Waals surface area contributed by atoms with Crippen LogP contribution in [0.25, 0.3) is 0 Å². The summed E-state index contributed by atoms with van der Waals surface area (Å²) in [6, 6.07) is -0.863. The minimum Gasteiger partial charge on any atom is -0.248 e. The Kier molecular flexibility index (Phi) is 2.40. The molecular formula is C6H6F2IN. The summed E-state index contributed by atoms with van der Waals surface area (Å²) in [6.45, 7) is 0. The fourth-order valence-electron chi connectivity index (χ4n) is 0.700. The molecule has 1 N–H and O–H groups in total. The van der Waals surface area contributed by atoms with Crippen LogP contribution in [0.4, 0.5) is 8.78 Å². The number of rotatable bonds is 1.